The molecule has 0 atom stereocenters. The molecule has 0 unspecified atom stereocenters. The number of nitrogens with zero attached hydrogens (tertiary/aromatic N) is 3. The average molecular weight is 247 g/mol. The summed E-state index contributed by atoms with van der Waals surface area (Å²) < 4.78 is 5.56. The molecule has 0 amide bonds. The summed E-state index contributed by atoms with van der Waals surface area (Å²) in [7, 11) is 3.85. The van der Waals surface area contributed by atoms with Crippen molar-refractivity contribution in [3.63, 3.8) is 0 Å². The molecule has 6 nitrogen and oxygen atoms in total. The predicted molar refractivity (Wildman–Crippen MR) is 66.0 cm³/mol. The maximum atomic E-state index is 10.5. The van der Waals surface area contributed by atoms with E-state index in [1.54, 1.807) is 18.3 Å². The van der Waals surface area contributed by atoms with Gasteiger partial charge in [0.2, 0.25) is 5.89 Å². The molecule has 1 aromatic heterocycles. The van der Waals surface area contributed by atoms with Crippen molar-refractivity contribution in [3.05, 3.63) is 46.5 Å². The van der Waals surface area contributed by atoms with Crippen LogP contribution in [0, 0.1) is 10.1 Å². The molecule has 0 fully saturated rings. The van der Waals surface area contributed by atoms with Crippen molar-refractivity contribution in [2.24, 2.45) is 0 Å². The minimum Gasteiger partial charge on any atom is -0.439 e. The molecule has 0 saturated carbocycles. The summed E-state index contributed by atoms with van der Waals surface area (Å²) in [4.78, 5) is 16.2. The molecule has 1 heterocycles. The molecule has 6 heteroatoms. The zero-order chi connectivity index (χ0) is 13.1. The van der Waals surface area contributed by atoms with Crippen molar-refractivity contribution < 1.29 is 9.34 Å². The van der Waals surface area contributed by atoms with Crippen LogP contribution in [0.5, 0.6) is 0 Å². The Kier molecular flexibility index (Phi) is 3.38. The molecule has 0 N–H and O–H groups in total. The van der Waals surface area contributed by atoms with Crippen LogP contribution in [0.2, 0.25) is 0 Å². The molecule has 1 aromatic carbocycles. The van der Waals surface area contributed by atoms with Gasteiger partial charge in [0.25, 0.3) is 5.69 Å². The maximum absolute atomic E-state index is 10.5. The second kappa shape index (κ2) is 4.97. The topological polar surface area (TPSA) is 72.4 Å². The van der Waals surface area contributed by atoms with Gasteiger partial charge >= 0.3 is 0 Å². The van der Waals surface area contributed by atoms with Gasteiger partial charge in [-0.3, -0.25) is 10.1 Å². The zero-order valence-electron chi connectivity index (χ0n) is 10.2. The van der Waals surface area contributed by atoms with Crippen LogP contribution in [-0.4, -0.2) is 28.9 Å². The highest BCUT2D eigenvalue weighted by Crippen LogP contribution is 2.23. The lowest BCUT2D eigenvalue weighted by Crippen LogP contribution is -2.10. The molecule has 2 aromatic rings. The Morgan fingerprint density at radius 1 is 1.33 bits per heavy atom. The van der Waals surface area contributed by atoms with Crippen molar-refractivity contribution in [2.75, 3.05) is 14.1 Å². The van der Waals surface area contributed by atoms with E-state index >= 15 is 0 Å². The van der Waals surface area contributed by atoms with Crippen molar-refractivity contribution in [1.82, 2.24) is 9.88 Å². The minimum atomic E-state index is -0.429. The first-order valence-electron chi connectivity index (χ1n) is 5.40. The Hall–Kier alpha value is -2.21. The van der Waals surface area contributed by atoms with Crippen LogP contribution < -0.4 is 0 Å². The first kappa shape index (κ1) is 12.3. The zero-order valence-corrected chi connectivity index (χ0v) is 10.2. The first-order valence-corrected chi connectivity index (χ1v) is 5.40. The van der Waals surface area contributed by atoms with Crippen LogP contribution in [0.25, 0.3) is 11.3 Å². The number of non-ortho nitro benzene ring substituents is 1. The van der Waals surface area contributed by atoms with Gasteiger partial charge < -0.3 is 9.32 Å². The van der Waals surface area contributed by atoms with Gasteiger partial charge in [-0.15, -0.1) is 0 Å². The largest absolute Gasteiger partial charge is 0.439 e. The van der Waals surface area contributed by atoms with E-state index in [0.29, 0.717) is 18.2 Å². The molecule has 0 aliphatic rings. The molecule has 0 spiro atoms. The van der Waals surface area contributed by atoms with Gasteiger partial charge in [-0.05, 0) is 26.2 Å². The van der Waals surface area contributed by atoms with E-state index in [1.165, 1.54) is 12.1 Å². The molecular formula is C12H13N3O3. The summed E-state index contributed by atoms with van der Waals surface area (Å²) in [6.45, 7) is 0.618. The minimum absolute atomic E-state index is 0.0618. The van der Waals surface area contributed by atoms with Gasteiger partial charge in [-0.2, -0.15) is 0 Å². The lowest BCUT2D eigenvalue weighted by atomic mass is 10.2. The third kappa shape index (κ3) is 2.72. The van der Waals surface area contributed by atoms with E-state index in [9.17, 15) is 10.1 Å². The fourth-order valence-corrected chi connectivity index (χ4v) is 1.53. The quantitative estimate of drug-likeness (QED) is 0.612. The third-order valence-electron chi connectivity index (χ3n) is 2.37. The Morgan fingerprint density at radius 2 is 2.00 bits per heavy atom. The van der Waals surface area contributed by atoms with Gasteiger partial charge in [0.1, 0.15) is 0 Å². The number of benzene rings is 1. The summed E-state index contributed by atoms with van der Waals surface area (Å²) in [5.41, 5.74) is 0.838. The van der Waals surface area contributed by atoms with Crippen LogP contribution in [0.1, 0.15) is 5.89 Å². The molecule has 94 valence electrons. The standard InChI is InChI=1S/C12H13N3O3/c1-14(2)8-12-13-7-11(18-12)9-3-5-10(6-4-9)15(16)17/h3-7H,8H2,1-2H3. The van der Waals surface area contributed by atoms with Crippen LogP contribution in [0.3, 0.4) is 0 Å². The van der Waals surface area contributed by atoms with Crippen LogP contribution in [-0.2, 0) is 6.54 Å². The molecule has 2 rings (SSSR count). The highest BCUT2D eigenvalue weighted by atomic mass is 16.6. The third-order valence-corrected chi connectivity index (χ3v) is 2.37. The van der Waals surface area contributed by atoms with Gasteiger partial charge in [-0.1, -0.05) is 0 Å². The SMILES string of the molecule is CN(C)Cc1ncc(-c2ccc([N+](=O)[O-])cc2)o1. The van der Waals surface area contributed by atoms with Crippen molar-refractivity contribution in [2.45, 2.75) is 6.54 Å². The van der Waals surface area contributed by atoms with E-state index in [1.807, 2.05) is 19.0 Å². The molecule has 0 aliphatic heterocycles. The summed E-state index contributed by atoms with van der Waals surface area (Å²) >= 11 is 0. The second-order valence-corrected chi connectivity index (χ2v) is 4.16. The number of rotatable bonds is 4. The Balaban J connectivity index is 2.20. The van der Waals surface area contributed by atoms with Crippen molar-refractivity contribution in [3.8, 4) is 11.3 Å². The predicted octanol–water partition coefficient (Wildman–Crippen LogP) is 2.31. The lowest BCUT2D eigenvalue weighted by molar-refractivity contribution is -0.384. The van der Waals surface area contributed by atoms with E-state index in [2.05, 4.69) is 4.98 Å². The van der Waals surface area contributed by atoms with Gasteiger partial charge in [0, 0.05) is 17.7 Å². The molecular weight excluding hydrogens is 234 g/mol. The Morgan fingerprint density at radius 3 is 2.56 bits per heavy atom. The van der Waals surface area contributed by atoms with Crippen molar-refractivity contribution in [1.29, 1.82) is 0 Å². The molecule has 0 bridgehead atoms. The fraction of sp³-hybridized carbons (Fsp3) is 0.250. The molecule has 0 saturated heterocycles. The first-order chi connectivity index (χ1) is 8.56. The summed E-state index contributed by atoms with van der Waals surface area (Å²) in [5, 5.41) is 10.5. The maximum Gasteiger partial charge on any atom is 0.269 e. The molecule has 0 radical (unpaired) electrons. The van der Waals surface area contributed by atoms with E-state index in [0.717, 1.165) is 5.56 Å². The highest BCUT2D eigenvalue weighted by molar-refractivity contribution is 5.58. The number of oxazole rings is 1. The van der Waals surface area contributed by atoms with Gasteiger partial charge in [0.05, 0.1) is 17.7 Å². The van der Waals surface area contributed by atoms with Crippen molar-refractivity contribution >= 4 is 5.69 Å². The van der Waals surface area contributed by atoms with Crippen LogP contribution in [0.4, 0.5) is 5.69 Å². The fourth-order valence-electron chi connectivity index (χ4n) is 1.53. The summed E-state index contributed by atoms with van der Waals surface area (Å²) in [6.07, 6.45) is 1.62. The van der Waals surface area contributed by atoms with E-state index in [4.69, 9.17) is 4.42 Å². The van der Waals surface area contributed by atoms with E-state index < -0.39 is 4.92 Å². The number of hydrogen-bond donors (Lipinski definition) is 0. The number of hydrogen-bond acceptors (Lipinski definition) is 5. The normalized spacial score (nSPS) is 10.8. The van der Waals surface area contributed by atoms with Crippen LogP contribution in [0.15, 0.2) is 34.9 Å². The Bertz CT molecular complexity index is 546. The monoisotopic (exact) mass is 247 g/mol. The van der Waals surface area contributed by atoms with E-state index in [-0.39, 0.29) is 5.69 Å². The van der Waals surface area contributed by atoms with Gasteiger partial charge in [-0.25, -0.2) is 4.98 Å². The van der Waals surface area contributed by atoms with Crippen LogP contribution >= 0.6 is 0 Å². The van der Waals surface area contributed by atoms with Gasteiger partial charge in [0.15, 0.2) is 5.76 Å². The summed E-state index contributed by atoms with van der Waals surface area (Å²) in [5.74, 6) is 1.23. The number of aromatic nitrogens is 1. The Labute approximate surface area is 104 Å². The number of nitro benzene ring substituents is 1. The second-order valence-electron chi connectivity index (χ2n) is 4.16. The summed E-state index contributed by atoms with van der Waals surface area (Å²) in [6, 6.07) is 6.20. The number of nitro groups is 1. The molecule has 18 heavy (non-hydrogen) atoms. The highest BCUT2D eigenvalue weighted by Gasteiger charge is 2.09. The molecule has 0 aliphatic carbocycles. The average Bonchev–Trinajstić information content (AvgIpc) is 2.76. The smallest absolute Gasteiger partial charge is 0.269 e. The lowest BCUT2D eigenvalue weighted by Gasteiger charge is -2.04.